The summed E-state index contributed by atoms with van der Waals surface area (Å²) in [4.78, 5) is 4.81. The third kappa shape index (κ3) is 5.08. The molecule has 0 atom stereocenters. The molecule has 0 spiro atoms. The van der Waals surface area contributed by atoms with Crippen LogP contribution in [0.15, 0.2) is 66.7 Å². The number of benzene rings is 3. The van der Waals surface area contributed by atoms with Crippen LogP contribution in [0.3, 0.4) is 0 Å². The lowest BCUT2D eigenvalue weighted by Gasteiger charge is -2.13. The van der Waals surface area contributed by atoms with Gasteiger partial charge < -0.3 is 14.0 Å². The van der Waals surface area contributed by atoms with E-state index < -0.39 is 0 Å². The lowest BCUT2D eigenvalue weighted by Crippen LogP contribution is -2.13. The third-order valence-corrected chi connectivity index (χ3v) is 5.43. The van der Waals surface area contributed by atoms with E-state index in [0.717, 1.165) is 28.4 Å². The van der Waals surface area contributed by atoms with Crippen LogP contribution in [0.25, 0.3) is 11.0 Å². The molecule has 0 amide bonds. The zero-order valence-corrected chi connectivity index (χ0v) is 18.8. The molecule has 0 aliphatic carbocycles. The normalized spacial score (nSPS) is 11.3. The minimum absolute atomic E-state index is 0.416. The molecule has 0 aliphatic heterocycles. The van der Waals surface area contributed by atoms with E-state index in [1.165, 1.54) is 16.7 Å². The van der Waals surface area contributed by atoms with Crippen molar-refractivity contribution in [2.24, 2.45) is 0 Å². The molecule has 0 radical (unpaired) electrons. The Balaban J connectivity index is 1.48. The van der Waals surface area contributed by atoms with Gasteiger partial charge >= 0.3 is 0 Å². The van der Waals surface area contributed by atoms with Gasteiger partial charge in [0.1, 0.15) is 30.5 Å². The Kier molecular flexibility index (Phi) is 6.26. The molecule has 0 saturated heterocycles. The zero-order valence-electron chi connectivity index (χ0n) is 18.8. The number of hydrogen-bond acceptors (Lipinski definition) is 3. The van der Waals surface area contributed by atoms with Crippen LogP contribution >= 0.6 is 0 Å². The second-order valence-corrected chi connectivity index (χ2v) is 8.35. The lowest BCUT2D eigenvalue weighted by atomic mass is 10.0. The van der Waals surface area contributed by atoms with Crippen molar-refractivity contribution in [3.63, 3.8) is 0 Å². The predicted molar refractivity (Wildman–Crippen MR) is 126 cm³/mol. The average molecular weight is 415 g/mol. The molecule has 4 aromatic rings. The molecule has 160 valence electrons. The smallest absolute Gasteiger partial charge is 0.148 e. The molecule has 3 aromatic carbocycles. The Bertz CT molecular complexity index is 1140. The molecule has 4 heteroatoms. The molecule has 0 aliphatic rings. The number of fused-ring (bicyclic) bond motifs is 1. The van der Waals surface area contributed by atoms with E-state index in [0.29, 0.717) is 25.7 Å². The van der Waals surface area contributed by atoms with Crippen molar-refractivity contribution in [1.29, 1.82) is 0 Å². The molecule has 31 heavy (non-hydrogen) atoms. The monoisotopic (exact) mass is 414 g/mol. The highest BCUT2D eigenvalue weighted by atomic mass is 16.5. The molecule has 0 bridgehead atoms. The number of nitrogens with zero attached hydrogens (tertiary/aromatic N) is 2. The molecule has 4 rings (SSSR count). The molecule has 0 fully saturated rings. The van der Waals surface area contributed by atoms with E-state index in [-0.39, 0.29) is 0 Å². The first-order valence-electron chi connectivity index (χ1n) is 10.9. The van der Waals surface area contributed by atoms with Crippen molar-refractivity contribution < 1.29 is 9.47 Å². The molecule has 1 heterocycles. The van der Waals surface area contributed by atoms with Crippen molar-refractivity contribution in [2.75, 3.05) is 6.61 Å². The zero-order chi connectivity index (χ0) is 21.8. The SMILES string of the molecule is Cc1cc(C)cc(OCCn2c(COc3ccc(C(C)C)cc3)nc3ccccc32)c1. The van der Waals surface area contributed by atoms with E-state index in [9.17, 15) is 0 Å². The summed E-state index contributed by atoms with van der Waals surface area (Å²) in [6.07, 6.45) is 0. The number of ether oxygens (including phenoxy) is 2. The Labute approximate surface area is 184 Å². The Morgan fingerprint density at radius 2 is 1.55 bits per heavy atom. The van der Waals surface area contributed by atoms with Gasteiger partial charge in [-0.3, -0.25) is 0 Å². The summed E-state index contributed by atoms with van der Waals surface area (Å²) in [6.45, 7) is 10.3. The summed E-state index contributed by atoms with van der Waals surface area (Å²) in [5.74, 6) is 3.17. The maximum atomic E-state index is 6.07. The van der Waals surface area contributed by atoms with E-state index in [1.54, 1.807) is 0 Å². The summed E-state index contributed by atoms with van der Waals surface area (Å²) < 4.78 is 14.3. The Hall–Kier alpha value is -3.27. The maximum absolute atomic E-state index is 6.07. The van der Waals surface area contributed by atoms with Crippen molar-refractivity contribution in [3.05, 3.63) is 89.2 Å². The quantitative estimate of drug-likeness (QED) is 0.333. The molecule has 1 aromatic heterocycles. The van der Waals surface area contributed by atoms with Gasteiger partial charge in [0.25, 0.3) is 0 Å². The van der Waals surface area contributed by atoms with Gasteiger partial charge in [-0.25, -0.2) is 4.98 Å². The van der Waals surface area contributed by atoms with Crippen molar-refractivity contribution in [3.8, 4) is 11.5 Å². The van der Waals surface area contributed by atoms with Crippen LogP contribution in [0.1, 0.15) is 42.3 Å². The van der Waals surface area contributed by atoms with Crippen LogP contribution in [0.4, 0.5) is 0 Å². The molecule has 0 saturated carbocycles. The number of aryl methyl sites for hydroxylation is 2. The third-order valence-electron chi connectivity index (χ3n) is 5.43. The first-order valence-corrected chi connectivity index (χ1v) is 10.9. The minimum atomic E-state index is 0.416. The molecule has 4 nitrogen and oxygen atoms in total. The summed E-state index contributed by atoms with van der Waals surface area (Å²) >= 11 is 0. The lowest BCUT2D eigenvalue weighted by molar-refractivity contribution is 0.272. The second-order valence-electron chi connectivity index (χ2n) is 8.35. The fourth-order valence-electron chi connectivity index (χ4n) is 3.85. The molecular formula is C27H30N2O2. The van der Waals surface area contributed by atoms with Crippen molar-refractivity contribution in [1.82, 2.24) is 9.55 Å². The fourth-order valence-corrected chi connectivity index (χ4v) is 3.85. The minimum Gasteiger partial charge on any atom is -0.492 e. The van der Waals surface area contributed by atoms with E-state index in [1.807, 2.05) is 30.3 Å². The molecular weight excluding hydrogens is 384 g/mol. The standard InChI is InChI=1S/C27H30N2O2/c1-19(2)22-9-11-23(12-10-22)31-18-27-28-25-7-5-6-8-26(25)29(27)13-14-30-24-16-20(3)15-21(4)17-24/h5-12,15-17,19H,13-14,18H2,1-4H3. The van der Waals surface area contributed by atoms with Gasteiger partial charge in [0.2, 0.25) is 0 Å². The number of aromatic nitrogens is 2. The van der Waals surface area contributed by atoms with Gasteiger partial charge in [0.05, 0.1) is 17.6 Å². The summed E-state index contributed by atoms with van der Waals surface area (Å²) in [5.41, 5.74) is 5.80. The highest BCUT2D eigenvalue weighted by molar-refractivity contribution is 5.75. The van der Waals surface area contributed by atoms with Crippen molar-refractivity contribution >= 4 is 11.0 Å². The van der Waals surface area contributed by atoms with Gasteiger partial charge in [0, 0.05) is 0 Å². The number of para-hydroxylation sites is 2. The van der Waals surface area contributed by atoms with Gasteiger partial charge in [-0.2, -0.15) is 0 Å². The summed E-state index contributed by atoms with van der Waals surface area (Å²) in [6, 6.07) is 22.8. The molecule has 0 unspecified atom stereocenters. The van der Waals surface area contributed by atoms with Crippen LogP contribution in [0, 0.1) is 13.8 Å². The predicted octanol–water partition coefficient (Wildman–Crippen LogP) is 6.43. The number of hydrogen-bond donors (Lipinski definition) is 0. The number of rotatable bonds is 8. The van der Waals surface area contributed by atoms with Crippen LogP contribution in [-0.4, -0.2) is 16.2 Å². The van der Waals surface area contributed by atoms with E-state index >= 15 is 0 Å². The maximum Gasteiger partial charge on any atom is 0.148 e. The first kappa shape index (κ1) is 21.0. The van der Waals surface area contributed by atoms with Gasteiger partial charge in [0.15, 0.2) is 0 Å². The topological polar surface area (TPSA) is 36.3 Å². The fraction of sp³-hybridized carbons (Fsp3) is 0.296. The molecule has 0 N–H and O–H groups in total. The number of imidazole rings is 1. The van der Waals surface area contributed by atoms with Gasteiger partial charge in [-0.1, -0.05) is 44.2 Å². The van der Waals surface area contributed by atoms with Crippen LogP contribution in [0.5, 0.6) is 11.5 Å². The largest absolute Gasteiger partial charge is 0.492 e. The van der Waals surface area contributed by atoms with E-state index in [2.05, 4.69) is 68.7 Å². The van der Waals surface area contributed by atoms with E-state index in [4.69, 9.17) is 14.5 Å². The van der Waals surface area contributed by atoms with Crippen LogP contribution in [0.2, 0.25) is 0 Å². The van der Waals surface area contributed by atoms with Gasteiger partial charge in [-0.15, -0.1) is 0 Å². The highest BCUT2D eigenvalue weighted by Crippen LogP contribution is 2.22. The van der Waals surface area contributed by atoms with Crippen molar-refractivity contribution in [2.45, 2.75) is 46.8 Å². The Morgan fingerprint density at radius 3 is 2.26 bits per heavy atom. The van der Waals surface area contributed by atoms with Crippen LogP contribution < -0.4 is 9.47 Å². The summed E-state index contributed by atoms with van der Waals surface area (Å²) in [7, 11) is 0. The average Bonchev–Trinajstić information content (AvgIpc) is 3.09. The second kappa shape index (κ2) is 9.25. The Morgan fingerprint density at radius 1 is 0.839 bits per heavy atom. The van der Waals surface area contributed by atoms with Gasteiger partial charge in [-0.05, 0) is 72.9 Å². The van der Waals surface area contributed by atoms with Crippen LogP contribution in [-0.2, 0) is 13.2 Å². The highest BCUT2D eigenvalue weighted by Gasteiger charge is 2.12. The summed E-state index contributed by atoms with van der Waals surface area (Å²) in [5, 5.41) is 0. The first-order chi connectivity index (χ1) is 15.0.